The van der Waals surface area contributed by atoms with E-state index in [0.29, 0.717) is 0 Å². The molecule has 6 nitrogen and oxygen atoms in total. The van der Waals surface area contributed by atoms with Crippen LogP contribution in [-0.4, -0.2) is 49.7 Å². The second-order valence-electron chi connectivity index (χ2n) is 4.49. The number of rotatable bonds is 2. The number of anilines is 1. The molecular formula is C13H14F2N2O4. The van der Waals surface area contributed by atoms with E-state index in [1.165, 1.54) is 12.0 Å². The highest BCUT2D eigenvalue weighted by Crippen LogP contribution is 2.20. The molecule has 1 aliphatic heterocycles. The fourth-order valence-electron chi connectivity index (χ4n) is 2.03. The van der Waals surface area contributed by atoms with Gasteiger partial charge in [0.05, 0.1) is 25.8 Å². The minimum absolute atomic E-state index is 0.0378. The van der Waals surface area contributed by atoms with Crippen LogP contribution in [0.4, 0.5) is 14.5 Å². The van der Waals surface area contributed by atoms with Gasteiger partial charge >= 0.3 is 5.97 Å². The molecule has 1 fully saturated rings. The topological polar surface area (TPSA) is 81.9 Å². The van der Waals surface area contributed by atoms with Crippen molar-refractivity contribution < 1.29 is 27.8 Å². The number of nitrogen functional groups attached to an aromatic ring is 1. The van der Waals surface area contributed by atoms with Gasteiger partial charge in [-0.15, -0.1) is 0 Å². The summed E-state index contributed by atoms with van der Waals surface area (Å²) in [5.74, 6) is -3.49. The van der Waals surface area contributed by atoms with Crippen LogP contribution < -0.4 is 5.73 Å². The van der Waals surface area contributed by atoms with Gasteiger partial charge in [-0.25, -0.2) is 13.6 Å². The molecule has 0 saturated carbocycles. The number of hydrogen-bond acceptors (Lipinski definition) is 5. The number of methoxy groups -OCH3 is 1. The number of morpholine rings is 1. The van der Waals surface area contributed by atoms with Crippen LogP contribution in [0, 0.1) is 11.6 Å². The lowest BCUT2D eigenvalue weighted by Crippen LogP contribution is -2.49. The van der Waals surface area contributed by atoms with Crippen molar-refractivity contribution in [3.05, 3.63) is 29.3 Å². The Morgan fingerprint density at radius 3 is 2.71 bits per heavy atom. The third-order valence-corrected chi connectivity index (χ3v) is 3.14. The maximum atomic E-state index is 13.2. The van der Waals surface area contributed by atoms with Crippen molar-refractivity contribution in [1.29, 1.82) is 0 Å². The summed E-state index contributed by atoms with van der Waals surface area (Å²) >= 11 is 0. The lowest BCUT2D eigenvalue weighted by molar-refractivity contribution is -0.158. The van der Waals surface area contributed by atoms with E-state index in [4.69, 9.17) is 10.5 Å². The van der Waals surface area contributed by atoms with Gasteiger partial charge in [-0.2, -0.15) is 0 Å². The molecule has 1 amide bonds. The minimum atomic E-state index is -1.16. The Morgan fingerprint density at radius 1 is 1.38 bits per heavy atom. The quantitative estimate of drug-likeness (QED) is 0.637. The Hall–Kier alpha value is -2.22. The van der Waals surface area contributed by atoms with Crippen LogP contribution in [-0.2, 0) is 14.3 Å². The van der Waals surface area contributed by atoms with Crippen molar-refractivity contribution in [2.24, 2.45) is 0 Å². The maximum Gasteiger partial charge on any atom is 0.336 e. The smallest absolute Gasteiger partial charge is 0.336 e. The Balaban J connectivity index is 2.20. The van der Waals surface area contributed by atoms with Gasteiger partial charge in [0.2, 0.25) is 0 Å². The van der Waals surface area contributed by atoms with E-state index in [1.54, 1.807) is 0 Å². The van der Waals surface area contributed by atoms with Gasteiger partial charge in [0.15, 0.2) is 17.7 Å². The van der Waals surface area contributed by atoms with Crippen molar-refractivity contribution in [2.45, 2.75) is 6.10 Å². The van der Waals surface area contributed by atoms with Crippen LogP contribution >= 0.6 is 0 Å². The Morgan fingerprint density at radius 2 is 2.05 bits per heavy atom. The molecule has 1 heterocycles. The molecule has 8 heteroatoms. The molecule has 21 heavy (non-hydrogen) atoms. The van der Waals surface area contributed by atoms with Gasteiger partial charge in [-0.3, -0.25) is 4.79 Å². The lowest BCUT2D eigenvalue weighted by atomic mass is 10.1. The van der Waals surface area contributed by atoms with Gasteiger partial charge in [0.1, 0.15) is 0 Å². The second-order valence-corrected chi connectivity index (χ2v) is 4.49. The van der Waals surface area contributed by atoms with E-state index in [2.05, 4.69) is 4.74 Å². The largest absolute Gasteiger partial charge is 0.467 e. The highest BCUT2D eigenvalue weighted by molar-refractivity contribution is 5.99. The van der Waals surface area contributed by atoms with Crippen LogP contribution in [0.1, 0.15) is 10.4 Å². The summed E-state index contributed by atoms with van der Waals surface area (Å²) < 4.78 is 36.0. The number of nitrogens with zero attached hydrogens (tertiary/aromatic N) is 1. The van der Waals surface area contributed by atoms with Crippen LogP contribution in [0.25, 0.3) is 0 Å². The Bertz CT molecular complexity index is 580. The van der Waals surface area contributed by atoms with E-state index in [-0.39, 0.29) is 30.9 Å². The number of halogens is 2. The Labute approximate surface area is 119 Å². The van der Waals surface area contributed by atoms with Crippen LogP contribution in [0.3, 0.4) is 0 Å². The molecule has 1 saturated heterocycles. The summed E-state index contributed by atoms with van der Waals surface area (Å²) in [6.45, 7) is 0.309. The van der Waals surface area contributed by atoms with Crippen molar-refractivity contribution in [3.8, 4) is 0 Å². The average Bonchev–Trinajstić information content (AvgIpc) is 2.49. The normalized spacial score (nSPS) is 18.4. The van der Waals surface area contributed by atoms with Gasteiger partial charge in [-0.1, -0.05) is 0 Å². The van der Waals surface area contributed by atoms with Crippen molar-refractivity contribution in [2.75, 3.05) is 32.5 Å². The minimum Gasteiger partial charge on any atom is -0.467 e. The van der Waals surface area contributed by atoms with Crippen LogP contribution in [0.5, 0.6) is 0 Å². The molecule has 0 aromatic heterocycles. The summed E-state index contributed by atoms with van der Waals surface area (Å²) in [5.41, 5.74) is 5.22. The molecule has 0 bridgehead atoms. The lowest BCUT2D eigenvalue weighted by Gasteiger charge is -2.31. The highest BCUT2D eigenvalue weighted by Gasteiger charge is 2.31. The fraction of sp³-hybridized carbons (Fsp3) is 0.385. The molecule has 1 aromatic carbocycles. The summed E-state index contributed by atoms with van der Waals surface area (Å²) in [6, 6.07) is 1.50. The number of carbonyl (C=O) groups is 2. The average molecular weight is 300 g/mol. The summed E-state index contributed by atoms with van der Waals surface area (Å²) in [6.07, 6.45) is -0.904. The van der Waals surface area contributed by atoms with Gasteiger partial charge < -0.3 is 20.1 Å². The fourth-order valence-corrected chi connectivity index (χ4v) is 2.03. The molecular weight excluding hydrogens is 286 g/mol. The first-order valence-corrected chi connectivity index (χ1v) is 6.17. The van der Waals surface area contributed by atoms with E-state index in [1.807, 2.05) is 0 Å². The molecule has 0 aliphatic carbocycles. The van der Waals surface area contributed by atoms with Crippen molar-refractivity contribution in [1.82, 2.24) is 4.90 Å². The number of amides is 1. The first-order valence-electron chi connectivity index (χ1n) is 6.17. The standard InChI is InChI=1S/C13H14F2N2O4/c1-20-13(19)11-6-17(2-3-21-11)12(18)7-4-8(14)9(15)5-10(7)16/h4-5,11H,2-3,6,16H2,1H3. The molecule has 2 N–H and O–H groups in total. The van der Waals surface area contributed by atoms with E-state index < -0.39 is 29.6 Å². The zero-order valence-electron chi connectivity index (χ0n) is 11.3. The molecule has 114 valence electrons. The van der Waals surface area contributed by atoms with E-state index >= 15 is 0 Å². The second kappa shape index (κ2) is 6.04. The highest BCUT2D eigenvalue weighted by atomic mass is 19.2. The predicted molar refractivity (Wildman–Crippen MR) is 68.4 cm³/mol. The van der Waals surface area contributed by atoms with Gasteiger partial charge in [0, 0.05) is 18.3 Å². The summed E-state index contributed by atoms with van der Waals surface area (Å²) in [4.78, 5) is 25.0. The molecule has 0 radical (unpaired) electrons. The zero-order chi connectivity index (χ0) is 15.6. The van der Waals surface area contributed by atoms with Gasteiger partial charge in [-0.05, 0) is 6.07 Å². The summed E-state index contributed by atoms with van der Waals surface area (Å²) in [7, 11) is 1.21. The first kappa shape index (κ1) is 15.2. The van der Waals surface area contributed by atoms with Crippen molar-refractivity contribution in [3.63, 3.8) is 0 Å². The molecule has 1 atom stereocenters. The zero-order valence-corrected chi connectivity index (χ0v) is 11.3. The summed E-state index contributed by atoms with van der Waals surface area (Å²) in [5, 5.41) is 0. The van der Waals surface area contributed by atoms with Crippen molar-refractivity contribution >= 4 is 17.6 Å². The number of ether oxygens (including phenoxy) is 2. The molecule has 2 rings (SSSR count). The molecule has 0 spiro atoms. The molecule has 1 aliphatic rings. The predicted octanol–water partition coefficient (Wildman–Crippen LogP) is 0.561. The third kappa shape index (κ3) is 3.10. The molecule has 1 unspecified atom stereocenters. The van der Waals surface area contributed by atoms with Crippen LogP contribution in [0.2, 0.25) is 0 Å². The number of hydrogen-bond donors (Lipinski definition) is 1. The number of nitrogens with two attached hydrogens (primary N) is 1. The number of esters is 1. The SMILES string of the molecule is COC(=O)C1CN(C(=O)c2cc(F)c(F)cc2N)CCO1. The third-order valence-electron chi connectivity index (χ3n) is 3.14. The Kier molecular flexibility index (Phi) is 4.37. The van der Waals surface area contributed by atoms with E-state index in [0.717, 1.165) is 12.1 Å². The maximum absolute atomic E-state index is 13.2. The first-order chi connectivity index (χ1) is 9.93. The van der Waals surface area contributed by atoms with E-state index in [9.17, 15) is 18.4 Å². The van der Waals surface area contributed by atoms with Crippen LogP contribution in [0.15, 0.2) is 12.1 Å². The molecule has 1 aromatic rings. The monoisotopic (exact) mass is 300 g/mol. The van der Waals surface area contributed by atoms with Gasteiger partial charge in [0.25, 0.3) is 5.91 Å². The number of benzene rings is 1. The number of carbonyl (C=O) groups excluding carboxylic acids is 2.